The lowest BCUT2D eigenvalue weighted by molar-refractivity contribution is -0.135. The van der Waals surface area contributed by atoms with Crippen LogP contribution in [-0.4, -0.2) is 33.6 Å². The molecule has 0 saturated heterocycles. The minimum Gasteiger partial charge on any atom is -0.480 e. The molecule has 110 valence electrons. The van der Waals surface area contributed by atoms with Gasteiger partial charge in [0.25, 0.3) is 5.56 Å². The summed E-state index contributed by atoms with van der Waals surface area (Å²) >= 11 is 0. The Labute approximate surface area is 121 Å². The van der Waals surface area contributed by atoms with Gasteiger partial charge in [-0.25, -0.2) is 4.68 Å². The molecule has 6 heteroatoms. The summed E-state index contributed by atoms with van der Waals surface area (Å²) in [7, 11) is 0. The third-order valence-electron chi connectivity index (χ3n) is 3.31. The Morgan fingerprint density at radius 1 is 1.33 bits per heavy atom. The Hall–Kier alpha value is -2.63. The van der Waals surface area contributed by atoms with E-state index in [1.807, 2.05) is 32.0 Å². The number of nitrogens with zero attached hydrogens (tertiary/aromatic N) is 2. The van der Waals surface area contributed by atoms with Crippen LogP contribution < -0.4 is 5.56 Å². The van der Waals surface area contributed by atoms with Crippen molar-refractivity contribution in [3.63, 3.8) is 0 Å². The van der Waals surface area contributed by atoms with Gasteiger partial charge in [-0.3, -0.25) is 19.7 Å². The summed E-state index contributed by atoms with van der Waals surface area (Å²) in [4.78, 5) is 26.5. The van der Waals surface area contributed by atoms with Crippen molar-refractivity contribution in [1.82, 2.24) is 9.78 Å². The molecule has 0 spiro atoms. The Morgan fingerprint density at radius 2 is 2.05 bits per heavy atom. The lowest BCUT2D eigenvalue weighted by atomic mass is 10.1. The fourth-order valence-electron chi connectivity index (χ4n) is 1.97. The van der Waals surface area contributed by atoms with Crippen molar-refractivity contribution >= 4 is 12.2 Å². The van der Waals surface area contributed by atoms with Crippen LogP contribution >= 0.6 is 0 Å². The molecular formula is C15H17N3O3. The van der Waals surface area contributed by atoms with Crippen LogP contribution in [0.3, 0.4) is 0 Å². The molecular weight excluding hydrogens is 270 g/mol. The number of carboxylic acid groups (broad SMARTS) is 1. The van der Waals surface area contributed by atoms with E-state index in [-0.39, 0.29) is 12.1 Å². The molecule has 21 heavy (non-hydrogen) atoms. The molecule has 0 bridgehead atoms. The number of H-pyrrole nitrogens is 1. The molecule has 2 N–H and O–H groups in total. The maximum atomic E-state index is 12.4. The van der Waals surface area contributed by atoms with Gasteiger partial charge in [0, 0.05) is 11.9 Å². The number of hydrogen-bond donors (Lipinski definition) is 2. The highest BCUT2D eigenvalue weighted by atomic mass is 16.4. The van der Waals surface area contributed by atoms with E-state index >= 15 is 0 Å². The lowest BCUT2D eigenvalue weighted by Crippen LogP contribution is -2.17. The third-order valence-corrected chi connectivity index (χ3v) is 3.31. The highest BCUT2D eigenvalue weighted by Crippen LogP contribution is 2.12. The highest BCUT2D eigenvalue weighted by molar-refractivity contribution is 5.82. The van der Waals surface area contributed by atoms with Crippen molar-refractivity contribution in [2.24, 2.45) is 4.99 Å². The summed E-state index contributed by atoms with van der Waals surface area (Å²) in [5.41, 5.74) is 3.75. The smallest absolute Gasteiger partial charge is 0.325 e. The van der Waals surface area contributed by atoms with Crippen molar-refractivity contribution in [1.29, 1.82) is 0 Å². The number of rotatable bonds is 4. The number of aliphatic carboxylic acids is 1. The molecule has 0 aliphatic rings. The second-order valence-corrected chi connectivity index (χ2v) is 4.92. The summed E-state index contributed by atoms with van der Waals surface area (Å²) in [6, 6.07) is 5.73. The number of carboxylic acids is 1. The molecule has 6 nitrogen and oxygen atoms in total. The number of aromatic nitrogens is 2. The van der Waals surface area contributed by atoms with Crippen LogP contribution in [0.5, 0.6) is 0 Å². The van der Waals surface area contributed by atoms with Gasteiger partial charge >= 0.3 is 5.97 Å². The van der Waals surface area contributed by atoms with Crippen molar-refractivity contribution in [2.75, 3.05) is 6.54 Å². The molecule has 0 saturated carbocycles. The normalized spacial score (nSPS) is 11.2. The first kappa shape index (κ1) is 14.8. The van der Waals surface area contributed by atoms with E-state index in [1.165, 1.54) is 10.9 Å². The summed E-state index contributed by atoms with van der Waals surface area (Å²) in [5, 5.41) is 11.5. The molecule has 2 rings (SSSR count). The SMILES string of the molecule is Cc1ccc(-n2[nH]c(C)c(C=NCC(=O)O)c2=O)cc1C. The van der Waals surface area contributed by atoms with Gasteiger partial charge in [-0.1, -0.05) is 6.07 Å². The zero-order valence-corrected chi connectivity index (χ0v) is 12.2. The van der Waals surface area contributed by atoms with Crippen LogP contribution in [-0.2, 0) is 4.79 Å². The second-order valence-electron chi connectivity index (χ2n) is 4.92. The van der Waals surface area contributed by atoms with Crippen LogP contribution in [0.1, 0.15) is 22.4 Å². The number of aliphatic imine (C=N–C) groups is 1. The Kier molecular flexibility index (Phi) is 4.07. The minimum atomic E-state index is -1.03. The van der Waals surface area contributed by atoms with E-state index in [2.05, 4.69) is 10.1 Å². The molecule has 1 heterocycles. The molecule has 0 amide bonds. The first-order valence-corrected chi connectivity index (χ1v) is 6.51. The first-order valence-electron chi connectivity index (χ1n) is 6.51. The van der Waals surface area contributed by atoms with E-state index < -0.39 is 5.97 Å². The number of hydrogen-bond acceptors (Lipinski definition) is 3. The number of aryl methyl sites for hydroxylation is 3. The maximum absolute atomic E-state index is 12.4. The maximum Gasteiger partial charge on any atom is 0.325 e. The van der Waals surface area contributed by atoms with Gasteiger partial charge in [0.15, 0.2) is 0 Å². The Balaban J connectivity index is 2.43. The van der Waals surface area contributed by atoms with E-state index in [9.17, 15) is 9.59 Å². The van der Waals surface area contributed by atoms with Crippen molar-refractivity contribution < 1.29 is 9.90 Å². The van der Waals surface area contributed by atoms with Crippen LogP contribution in [0.4, 0.5) is 0 Å². The van der Waals surface area contributed by atoms with Gasteiger partial charge < -0.3 is 5.11 Å². The molecule has 0 unspecified atom stereocenters. The zero-order chi connectivity index (χ0) is 15.6. The van der Waals surface area contributed by atoms with E-state index in [1.54, 1.807) is 6.92 Å². The molecule has 0 aliphatic carbocycles. The average Bonchev–Trinajstić information content (AvgIpc) is 2.69. The molecule has 0 atom stereocenters. The molecule has 0 radical (unpaired) electrons. The average molecular weight is 287 g/mol. The predicted molar refractivity (Wildman–Crippen MR) is 80.7 cm³/mol. The topological polar surface area (TPSA) is 87.4 Å². The summed E-state index contributed by atoms with van der Waals surface area (Å²) in [6.45, 7) is 5.38. The number of benzene rings is 1. The van der Waals surface area contributed by atoms with Crippen LogP contribution in [0, 0.1) is 20.8 Å². The lowest BCUT2D eigenvalue weighted by Gasteiger charge is -2.05. The van der Waals surface area contributed by atoms with Gasteiger partial charge in [0.2, 0.25) is 0 Å². The fraction of sp³-hybridized carbons (Fsp3) is 0.267. The fourth-order valence-corrected chi connectivity index (χ4v) is 1.97. The first-order chi connectivity index (χ1) is 9.90. The number of carbonyl (C=O) groups is 1. The minimum absolute atomic E-state index is 0.245. The highest BCUT2D eigenvalue weighted by Gasteiger charge is 2.11. The summed E-state index contributed by atoms with van der Waals surface area (Å²) in [5.74, 6) is -1.03. The quantitative estimate of drug-likeness (QED) is 0.837. The molecule has 1 aromatic carbocycles. The van der Waals surface area contributed by atoms with Gasteiger partial charge in [0.05, 0.1) is 11.3 Å². The largest absolute Gasteiger partial charge is 0.480 e. The van der Waals surface area contributed by atoms with E-state index in [4.69, 9.17) is 5.11 Å². The molecule has 2 aromatic rings. The van der Waals surface area contributed by atoms with Gasteiger partial charge in [-0.2, -0.15) is 0 Å². The van der Waals surface area contributed by atoms with Crippen molar-refractivity contribution in [3.8, 4) is 5.69 Å². The van der Waals surface area contributed by atoms with E-state index in [0.717, 1.165) is 16.8 Å². The molecule has 1 aromatic heterocycles. The summed E-state index contributed by atoms with van der Waals surface area (Å²) in [6.07, 6.45) is 1.31. The third kappa shape index (κ3) is 3.10. The van der Waals surface area contributed by atoms with Crippen LogP contribution in [0.2, 0.25) is 0 Å². The standard InChI is InChI=1S/C15H17N3O3/c1-9-4-5-12(6-10(9)2)18-15(21)13(11(3)17-18)7-16-8-14(19)20/h4-7,17H,8H2,1-3H3,(H,19,20). The van der Waals surface area contributed by atoms with E-state index in [0.29, 0.717) is 11.3 Å². The zero-order valence-electron chi connectivity index (χ0n) is 12.2. The number of aromatic amines is 1. The van der Waals surface area contributed by atoms with Crippen LogP contribution in [0.25, 0.3) is 5.69 Å². The van der Waals surface area contributed by atoms with Crippen molar-refractivity contribution in [3.05, 3.63) is 50.9 Å². The Bertz CT molecular complexity index is 769. The molecule has 0 fully saturated rings. The predicted octanol–water partition coefficient (Wildman–Crippen LogP) is 1.59. The number of nitrogens with one attached hydrogen (secondary N) is 1. The van der Waals surface area contributed by atoms with Crippen molar-refractivity contribution in [2.45, 2.75) is 20.8 Å². The van der Waals surface area contributed by atoms with Gasteiger partial charge in [0.1, 0.15) is 6.54 Å². The molecule has 0 aliphatic heterocycles. The monoisotopic (exact) mass is 287 g/mol. The Morgan fingerprint density at radius 3 is 2.67 bits per heavy atom. The van der Waals surface area contributed by atoms with Gasteiger partial charge in [-0.15, -0.1) is 0 Å². The van der Waals surface area contributed by atoms with Crippen LogP contribution in [0.15, 0.2) is 28.0 Å². The van der Waals surface area contributed by atoms with Gasteiger partial charge in [-0.05, 0) is 44.0 Å². The second kappa shape index (κ2) is 5.78. The summed E-state index contributed by atoms with van der Waals surface area (Å²) < 4.78 is 1.43.